The van der Waals surface area contributed by atoms with Crippen molar-refractivity contribution >= 4 is 16.7 Å². The third-order valence-electron chi connectivity index (χ3n) is 3.35. The molecule has 0 unspecified atom stereocenters. The van der Waals surface area contributed by atoms with Gasteiger partial charge in [0.15, 0.2) is 0 Å². The Hall–Kier alpha value is -1.58. The summed E-state index contributed by atoms with van der Waals surface area (Å²) in [5.41, 5.74) is 4.75. The molecule has 0 aliphatic carbocycles. The van der Waals surface area contributed by atoms with Crippen molar-refractivity contribution < 1.29 is 0 Å². The molecule has 84 valence electrons. The molecule has 16 heavy (non-hydrogen) atoms. The summed E-state index contributed by atoms with van der Waals surface area (Å²) in [6.07, 6.45) is 5.35. The fourth-order valence-corrected chi connectivity index (χ4v) is 2.32. The lowest BCUT2D eigenvalue weighted by atomic mass is 10.2. The normalized spacial score (nSPS) is 15.5. The van der Waals surface area contributed by atoms with Crippen LogP contribution in [0.1, 0.15) is 18.9 Å². The molecule has 0 atom stereocenters. The minimum Gasteiger partial charge on any atom is -0.368 e. The summed E-state index contributed by atoms with van der Waals surface area (Å²) in [6.45, 7) is 7.54. The van der Waals surface area contributed by atoms with Crippen molar-refractivity contribution in [2.45, 2.75) is 26.8 Å². The average Bonchev–Trinajstić information content (AvgIpc) is 2.55. The predicted molar refractivity (Wildman–Crippen MR) is 64.8 cm³/mol. The zero-order valence-electron chi connectivity index (χ0n) is 9.77. The van der Waals surface area contributed by atoms with E-state index in [4.69, 9.17) is 0 Å². The second kappa shape index (κ2) is 3.47. The lowest BCUT2D eigenvalue weighted by Gasteiger charge is -2.33. The summed E-state index contributed by atoms with van der Waals surface area (Å²) < 4.78 is 2.27. The molecular weight excluding hydrogens is 200 g/mol. The van der Waals surface area contributed by atoms with Gasteiger partial charge in [0, 0.05) is 25.8 Å². The van der Waals surface area contributed by atoms with E-state index in [1.54, 1.807) is 0 Å². The maximum Gasteiger partial charge on any atom is 0.116 e. The highest BCUT2D eigenvalue weighted by Gasteiger charge is 2.20. The van der Waals surface area contributed by atoms with Crippen molar-refractivity contribution in [1.82, 2.24) is 14.8 Å². The predicted octanol–water partition coefficient (Wildman–Crippen LogP) is 1.97. The van der Waals surface area contributed by atoms with Crippen molar-refractivity contribution in [1.29, 1.82) is 0 Å². The highest BCUT2D eigenvalue weighted by atomic mass is 15.2. The van der Waals surface area contributed by atoms with E-state index in [0.29, 0.717) is 0 Å². The zero-order chi connectivity index (χ0) is 11.1. The average molecular weight is 216 g/mol. The lowest BCUT2D eigenvalue weighted by molar-refractivity contribution is 0.616. The number of aryl methyl sites for hydroxylation is 2. The molecule has 0 amide bonds. The SMILES string of the molecule is CCn1cc(C)c2nncc(N3CCC3)c21. The van der Waals surface area contributed by atoms with E-state index in [9.17, 15) is 0 Å². The third-order valence-corrected chi connectivity index (χ3v) is 3.35. The van der Waals surface area contributed by atoms with E-state index in [-0.39, 0.29) is 0 Å². The van der Waals surface area contributed by atoms with Crippen molar-refractivity contribution in [2.75, 3.05) is 18.0 Å². The number of fused-ring (bicyclic) bond motifs is 1. The van der Waals surface area contributed by atoms with E-state index in [2.05, 4.69) is 39.7 Å². The van der Waals surface area contributed by atoms with Gasteiger partial charge in [-0.2, -0.15) is 5.10 Å². The highest BCUT2D eigenvalue weighted by Crippen LogP contribution is 2.30. The van der Waals surface area contributed by atoms with Crippen molar-refractivity contribution in [3.63, 3.8) is 0 Å². The van der Waals surface area contributed by atoms with Gasteiger partial charge in [0.2, 0.25) is 0 Å². The molecule has 0 saturated carbocycles. The van der Waals surface area contributed by atoms with Crippen LogP contribution in [0.15, 0.2) is 12.4 Å². The van der Waals surface area contributed by atoms with Crippen LogP contribution in [-0.4, -0.2) is 27.9 Å². The van der Waals surface area contributed by atoms with E-state index in [1.807, 2.05) is 6.20 Å². The minimum absolute atomic E-state index is 0.983. The molecule has 3 rings (SSSR count). The molecule has 0 aromatic carbocycles. The van der Waals surface area contributed by atoms with Crippen LogP contribution in [0.5, 0.6) is 0 Å². The number of anilines is 1. The smallest absolute Gasteiger partial charge is 0.116 e. The van der Waals surface area contributed by atoms with E-state index in [0.717, 1.165) is 25.2 Å². The molecule has 0 bridgehead atoms. The first-order valence-corrected chi connectivity index (χ1v) is 5.87. The lowest BCUT2D eigenvalue weighted by Crippen LogP contribution is -2.37. The summed E-state index contributed by atoms with van der Waals surface area (Å²) in [6, 6.07) is 0. The Balaban J connectivity index is 2.26. The van der Waals surface area contributed by atoms with Gasteiger partial charge in [-0.3, -0.25) is 0 Å². The molecule has 0 spiro atoms. The Labute approximate surface area is 94.9 Å². The van der Waals surface area contributed by atoms with Crippen LogP contribution in [0.25, 0.3) is 11.0 Å². The Morgan fingerprint density at radius 1 is 1.38 bits per heavy atom. The maximum atomic E-state index is 4.25. The standard InChI is InChI=1S/C12H16N4/c1-3-15-8-9(2)11-12(15)10(7-13-14-11)16-5-4-6-16/h7-8H,3-6H2,1-2H3. The molecule has 1 aliphatic rings. The van der Waals surface area contributed by atoms with Gasteiger partial charge < -0.3 is 9.47 Å². The molecule has 0 radical (unpaired) electrons. The minimum atomic E-state index is 0.983. The van der Waals surface area contributed by atoms with Gasteiger partial charge in [0.25, 0.3) is 0 Å². The number of aromatic nitrogens is 3. The van der Waals surface area contributed by atoms with Crippen molar-refractivity contribution in [2.24, 2.45) is 0 Å². The summed E-state index contributed by atoms with van der Waals surface area (Å²) in [7, 11) is 0. The van der Waals surface area contributed by atoms with Gasteiger partial charge in [0.05, 0.1) is 17.4 Å². The van der Waals surface area contributed by atoms with Crippen LogP contribution in [0, 0.1) is 6.92 Å². The van der Waals surface area contributed by atoms with Gasteiger partial charge in [-0.1, -0.05) is 0 Å². The quantitative estimate of drug-likeness (QED) is 0.769. The Kier molecular flexibility index (Phi) is 2.09. The molecule has 1 fully saturated rings. The van der Waals surface area contributed by atoms with Gasteiger partial charge in [-0.25, -0.2) is 0 Å². The number of hydrogen-bond acceptors (Lipinski definition) is 3. The van der Waals surface area contributed by atoms with Crippen LogP contribution in [0.4, 0.5) is 5.69 Å². The van der Waals surface area contributed by atoms with E-state index in [1.165, 1.54) is 23.2 Å². The van der Waals surface area contributed by atoms with Crippen LogP contribution in [0.2, 0.25) is 0 Å². The molecule has 3 heterocycles. The number of rotatable bonds is 2. The third kappa shape index (κ3) is 1.22. The molecule has 2 aromatic heterocycles. The Morgan fingerprint density at radius 3 is 2.81 bits per heavy atom. The van der Waals surface area contributed by atoms with Gasteiger partial charge in [-0.05, 0) is 25.8 Å². The first kappa shape index (κ1) is 9.63. The fraction of sp³-hybridized carbons (Fsp3) is 0.500. The fourth-order valence-electron chi connectivity index (χ4n) is 2.32. The largest absolute Gasteiger partial charge is 0.368 e. The highest BCUT2D eigenvalue weighted by molar-refractivity contribution is 5.91. The van der Waals surface area contributed by atoms with Gasteiger partial charge >= 0.3 is 0 Å². The van der Waals surface area contributed by atoms with Crippen molar-refractivity contribution in [3.05, 3.63) is 18.0 Å². The molecule has 1 aliphatic heterocycles. The first-order valence-electron chi connectivity index (χ1n) is 5.87. The van der Waals surface area contributed by atoms with E-state index >= 15 is 0 Å². The number of nitrogens with zero attached hydrogens (tertiary/aromatic N) is 4. The molecule has 2 aromatic rings. The van der Waals surface area contributed by atoms with Gasteiger partial charge in [-0.15, -0.1) is 5.10 Å². The van der Waals surface area contributed by atoms with Crippen LogP contribution < -0.4 is 4.90 Å². The molecule has 4 nitrogen and oxygen atoms in total. The topological polar surface area (TPSA) is 34.0 Å². The van der Waals surface area contributed by atoms with Crippen LogP contribution in [-0.2, 0) is 6.54 Å². The van der Waals surface area contributed by atoms with Gasteiger partial charge in [0.1, 0.15) is 5.52 Å². The maximum absolute atomic E-state index is 4.25. The van der Waals surface area contributed by atoms with E-state index < -0.39 is 0 Å². The second-order valence-corrected chi connectivity index (χ2v) is 4.37. The summed E-state index contributed by atoms with van der Waals surface area (Å²) in [5, 5.41) is 8.37. The molecule has 0 N–H and O–H groups in total. The zero-order valence-corrected chi connectivity index (χ0v) is 9.77. The van der Waals surface area contributed by atoms with Crippen LogP contribution in [0.3, 0.4) is 0 Å². The van der Waals surface area contributed by atoms with Crippen molar-refractivity contribution in [3.8, 4) is 0 Å². The number of hydrogen-bond donors (Lipinski definition) is 0. The summed E-state index contributed by atoms with van der Waals surface area (Å²) >= 11 is 0. The second-order valence-electron chi connectivity index (χ2n) is 4.37. The molecule has 1 saturated heterocycles. The Bertz CT molecular complexity index is 525. The summed E-state index contributed by atoms with van der Waals surface area (Å²) in [4.78, 5) is 2.38. The first-order chi connectivity index (χ1) is 7.81. The molecule has 4 heteroatoms. The monoisotopic (exact) mass is 216 g/mol. The molecular formula is C12H16N4. The van der Waals surface area contributed by atoms with Crippen LogP contribution >= 0.6 is 0 Å². The Morgan fingerprint density at radius 2 is 2.19 bits per heavy atom. The summed E-state index contributed by atoms with van der Waals surface area (Å²) in [5.74, 6) is 0.